The van der Waals surface area contributed by atoms with E-state index in [1.54, 1.807) is 0 Å². The van der Waals surface area contributed by atoms with Gasteiger partial charge in [0.2, 0.25) is 0 Å². The van der Waals surface area contributed by atoms with Crippen molar-refractivity contribution in [2.75, 3.05) is 13.1 Å². The monoisotopic (exact) mass is 309 g/mol. The van der Waals surface area contributed by atoms with Crippen LogP contribution < -0.4 is 0 Å². The van der Waals surface area contributed by atoms with Gasteiger partial charge in [0.05, 0.1) is 0 Å². The molecular formula is C19H19NO3. The molecule has 3 rings (SSSR count). The highest BCUT2D eigenvalue weighted by atomic mass is 16.4. The first-order valence-electron chi connectivity index (χ1n) is 7.72. The number of carboxylic acids is 1. The predicted molar refractivity (Wildman–Crippen MR) is 87.1 cm³/mol. The highest BCUT2D eigenvalue weighted by molar-refractivity contribution is 5.76. The minimum absolute atomic E-state index is 0.0410. The Kier molecular flexibility index (Phi) is 4.53. The molecule has 1 aliphatic heterocycles. The van der Waals surface area contributed by atoms with Crippen molar-refractivity contribution in [1.82, 2.24) is 4.90 Å². The van der Waals surface area contributed by atoms with E-state index in [1.165, 1.54) is 0 Å². The molecule has 2 aromatic rings. The molecule has 4 heteroatoms. The third kappa shape index (κ3) is 3.17. The van der Waals surface area contributed by atoms with Gasteiger partial charge < -0.3 is 9.90 Å². The van der Waals surface area contributed by atoms with Crippen molar-refractivity contribution in [2.24, 2.45) is 5.92 Å². The van der Waals surface area contributed by atoms with Gasteiger partial charge in [0.15, 0.2) is 0 Å². The van der Waals surface area contributed by atoms with Crippen LogP contribution in [-0.2, 0) is 9.59 Å². The molecule has 1 aliphatic rings. The third-order valence-electron chi connectivity index (χ3n) is 4.51. The molecule has 4 nitrogen and oxygen atoms in total. The van der Waals surface area contributed by atoms with E-state index in [9.17, 15) is 14.7 Å². The quantitative estimate of drug-likeness (QED) is 0.863. The number of carboxylic acid groups (broad SMARTS) is 1. The Morgan fingerprint density at radius 1 is 1.04 bits per heavy atom. The summed E-state index contributed by atoms with van der Waals surface area (Å²) < 4.78 is 0. The summed E-state index contributed by atoms with van der Waals surface area (Å²) in [5.74, 6) is -1.02. The van der Waals surface area contributed by atoms with E-state index in [0.717, 1.165) is 17.4 Å². The van der Waals surface area contributed by atoms with E-state index in [4.69, 9.17) is 0 Å². The normalized spacial score (nSPS) is 22.6. The zero-order chi connectivity index (χ0) is 16.2. The van der Waals surface area contributed by atoms with Gasteiger partial charge in [0, 0.05) is 24.9 Å². The summed E-state index contributed by atoms with van der Waals surface area (Å²) in [6.07, 6.45) is 0.960. The molecule has 118 valence electrons. The number of aliphatic carboxylic acids is 1. The summed E-state index contributed by atoms with van der Waals surface area (Å²) in [6, 6.07) is 18.3. The van der Waals surface area contributed by atoms with Crippen LogP contribution >= 0.6 is 0 Å². The Bertz CT molecular complexity index is 672. The second-order valence-electron chi connectivity index (χ2n) is 5.92. The third-order valence-corrected chi connectivity index (χ3v) is 4.51. The van der Waals surface area contributed by atoms with Crippen LogP contribution in [0.5, 0.6) is 0 Å². The van der Waals surface area contributed by atoms with Crippen molar-refractivity contribution in [3.8, 4) is 0 Å². The molecule has 3 atom stereocenters. The molecule has 1 saturated heterocycles. The number of nitrogens with zero attached hydrogens (tertiary/aromatic N) is 1. The van der Waals surface area contributed by atoms with Crippen molar-refractivity contribution in [2.45, 2.75) is 12.0 Å². The van der Waals surface area contributed by atoms with Gasteiger partial charge in [0.1, 0.15) is 12.3 Å². The molecule has 0 bridgehead atoms. The Morgan fingerprint density at radius 2 is 1.65 bits per heavy atom. The van der Waals surface area contributed by atoms with Crippen LogP contribution in [0.4, 0.5) is 0 Å². The standard InChI is InChI=1S/C19H19NO3/c21-13-16-11-20(12-17(16)14-7-3-1-4-8-14)18(19(22)23)15-9-5-2-6-10-15/h1-10,13,16-18H,11-12H2,(H,22,23)/t16-,17-,18-/m1/s1. The summed E-state index contributed by atoms with van der Waals surface area (Å²) in [7, 11) is 0. The maximum absolute atomic E-state index is 11.8. The first-order valence-corrected chi connectivity index (χ1v) is 7.72. The summed E-state index contributed by atoms with van der Waals surface area (Å²) in [5.41, 5.74) is 1.84. The molecular weight excluding hydrogens is 290 g/mol. The lowest BCUT2D eigenvalue weighted by Crippen LogP contribution is -2.32. The second kappa shape index (κ2) is 6.75. The SMILES string of the molecule is O=C[C@H]1CN([C@@H](C(=O)O)c2ccccc2)C[C@@H]1c1ccccc1. The number of hydrogen-bond donors (Lipinski definition) is 1. The van der Waals surface area contributed by atoms with Crippen molar-refractivity contribution >= 4 is 12.3 Å². The smallest absolute Gasteiger partial charge is 0.325 e. The second-order valence-corrected chi connectivity index (χ2v) is 5.92. The highest BCUT2D eigenvalue weighted by Crippen LogP contribution is 2.36. The van der Waals surface area contributed by atoms with E-state index in [0.29, 0.717) is 13.1 Å². The van der Waals surface area contributed by atoms with Crippen LogP contribution in [0.15, 0.2) is 60.7 Å². The van der Waals surface area contributed by atoms with Crippen LogP contribution in [0.1, 0.15) is 23.1 Å². The molecule has 0 aliphatic carbocycles. The highest BCUT2D eigenvalue weighted by Gasteiger charge is 2.39. The molecule has 0 unspecified atom stereocenters. The van der Waals surface area contributed by atoms with Crippen molar-refractivity contribution in [3.63, 3.8) is 0 Å². The van der Waals surface area contributed by atoms with Crippen LogP contribution in [-0.4, -0.2) is 35.4 Å². The van der Waals surface area contributed by atoms with Gasteiger partial charge in [0.25, 0.3) is 0 Å². The molecule has 2 aromatic carbocycles. The zero-order valence-corrected chi connectivity index (χ0v) is 12.7. The Balaban J connectivity index is 1.88. The van der Waals surface area contributed by atoms with Gasteiger partial charge in [-0.2, -0.15) is 0 Å². The number of rotatable bonds is 5. The molecule has 0 saturated carbocycles. The Hall–Kier alpha value is -2.46. The fourth-order valence-electron chi connectivity index (χ4n) is 3.41. The summed E-state index contributed by atoms with van der Waals surface area (Å²) in [5, 5.41) is 9.67. The fraction of sp³-hybridized carbons (Fsp3) is 0.263. The average Bonchev–Trinajstić information content (AvgIpc) is 3.00. The van der Waals surface area contributed by atoms with Crippen molar-refractivity contribution < 1.29 is 14.7 Å². The average molecular weight is 309 g/mol. The number of carbonyl (C=O) groups is 2. The molecule has 23 heavy (non-hydrogen) atoms. The number of likely N-dealkylation sites (tertiary alicyclic amines) is 1. The molecule has 0 radical (unpaired) electrons. The van der Waals surface area contributed by atoms with Crippen LogP contribution in [0, 0.1) is 5.92 Å². The largest absolute Gasteiger partial charge is 0.480 e. The Morgan fingerprint density at radius 3 is 2.22 bits per heavy atom. The number of hydrogen-bond acceptors (Lipinski definition) is 3. The number of carbonyl (C=O) groups excluding carboxylic acids is 1. The van der Waals surface area contributed by atoms with Gasteiger partial charge in [-0.15, -0.1) is 0 Å². The van der Waals surface area contributed by atoms with Gasteiger partial charge >= 0.3 is 5.97 Å². The summed E-state index contributed by atoms with van der Waals surface area (Å²) in [6.45, 7) is 1.04. The van der Waals surface area contributed by atoms with Crippen LogP contribution in [0.2, 0.25) is 0 Å². The maximum Gasteiger partial charge on any atom is 0.325 e. The fourth-order valence-corrected chi connectivity index (χ4v) is 3.41. The first-order chi connectivity index (χ1) is 11.2. The molecule has 0 spiro atoms. The zero-order valence-electron chi connectivity index (χ0n) is 12.7. The molecule has 0 aromatic heterocycles. The molecule has 1 N–H and O–H groups in total. The van der Waals surface area contributed by atoms with E-state index < -0.39 is 12.0 Å². The molecule has 0 amide bonds. The Labute approximate surface area is 135 Å². The van der Waals surface area contributed by atoms with Crippen molar-refractivity contribution in [1.29, 1.82) is 0 Å². The first kappa shape index (κ1) is 15.4. The van der Waals surface area contributed by atoms with Crippen LogP contribution in [0.25, 0.3) is 0 Å². The number of benzene rings is 2. The lowest BCUT2D eigenvalue weighted by Gasteiger charge is -2.24. The van der Waals surface area contributed by atoms with E-state index in [-0.39, 0.29) is 11.8 Å². The minimum atomic E-state index is -0.880. The lowest BCUT2D eigenvalue weighted by atomic mass is 9.90. The van der Waals surface area contributed by atoms with Crippen LogP contribution in [0.3, 0.4) is 0 Å². The maximum atomic E-state index is 11.8. The van der Waals surface area contributed by atoms with Gasteiger partial charge in [-0.05, 0) is 11.1 Å². The van der Waals surface area contributed by atoms with Gasteiger partial charge in [-0.3, -0.25) is 9.69 Å². The van der Waals surface area contributed by atoms with Gasteiger partial charge in [-0.25, -0.2) is 0 Å². The molecule has 1 heterocycles. The van der Waals surface area contributed by atoms with Crippen molar-refractivity contribution in [3.05, 3.63) is 71.8 Å². The number of aldehydes is 1. The lowest BCUT2D eigenvalue weighted by molar-refractivity contribution is -0.143. The van der Waals surface area contributed by atoms with E-state index in [1.807, 2.05) is 65.6 Å². The topological polar surface area (TPSA) is 57.6 Å². The summed E-state index contributed by atoms with van der Waals surface area (Å²) in [4.78, 5) is 25.2. The predicted octanol–water partition coefficient (Wildman–Crippen LogP) is 2.73. The van der Waals surface area contributed by atoms with Gasteiger partial charge in [-0.1, -0.05) is 60.7 Å². The van der Waals surface area contributed by atoms with E-state index in [2.05, 4.69) is 0 Å². The molecule has 1 fully saturated rings. The minimum Gasteiger partial charge on any atom is -0.480 e. The van der Waals surface area contributed by atoms with E-state index >= 15 is 0 Å². The summed E-state index contributed by atoms with van der Waals surface area (Å²) >= 11 is 0.